The maximum Gasteiger partial charge on any atom is 0.305 e. The molecule has 1 fully saturated rings. The molecule has 1 saturated heterocycles. The van der Waals surface area contributed by atoms with Crippen LogP contribution in [0.3, 0.4) is 0 Å². The van der Waals surface area contributed by atoms with Crippen molar-refractivity contribution >= 4 is 52.0 Å². The van der Waals surface area contributed by atoms with E-state index in [0.29, 0.717) is 16.4 Å². The number of hydrazone groups is 1. The SMILES string of the molecule is Cc1[nH]cnc1C(=O)N/N=C1\SC(CC(=O)O)C(=O)N1c1ccc(Cl)cc1. The summed E-state index contributed by atoms with van der Waals surface area (Å²) in [6.07, 6.45) is 1.02. The molecule has 11 heteroatoms. The van der Waals surface area contributed by atoms with E-state index in [1.54, 1.807) is 31.2 Å². The van der Waals surface area contributed by atoms with E-state index in [1.165, 1.54) is 11.2 Å². The summed E-state index contributed by atoms with van der Waals surface area (Å²) in [6, 6.07) is 6.42. The Kier molecular flexibility index (Phi) is 5.47. The summed E-state index contributed by atoms with van der Waals surface area (Å²) in [5.74, 6) is -2.09. The standard InChI is InChI=1S/C16H14ClN5O4S/c1-8-13(19-7-18-8)14(25)20-21-16-22(10-4-2-9(17)3-5-10)15(26)11(27-16)6-12(23)24/h2-5,7,11H,6H2,1H3,(H,18,19)(H,20,25)(H,23,24)/b21-16-. The molecule has 27 heavy (non-hydrogen) atoms. The average Bonchev–Trinajstić information content (AvgIpc) is 3.17. The molecule has 1 aliphatic heterocycles. The van der Waals surface area contributed by atoms with E-state index in [4.69, 9.17) is 16.7 Å². The number of anilines is 1. The van der Waals surface area contributed by atoms with E-state index in [-0.39, 0.29) is 17.3 Å². The number of carbonyl (C=O) groups is 3. The molecule has 1 aromatic carbocycles. The summed E-state index contributed by atoms with van der Waals surface area (Å²) in [5, 5.41) is 12.8. The molecule has 140 valence electrons. The molecule has 0 radical (unpaired) electrons. The molecular formula is C16H14ClN5O4S. The fourth-order valence-electron chi connectivity index (χ4n) is 2.40. The average molecular weight is 408 g/mol. The number of nitrogens with zero attached hydrogens (tertiary/aromatic N) is 3. The number of amidine groups is 1. The molecular weight excluding hydrogens is 394 g/mol. The number of thioether (sulfide) groups is 1. The number of amides is 2. The monoisotopic (exact) mass is 407 g/mol. The number of aromatic amines is 1. The summed E-state index contributed by atoms with van der Waals surface area (Å²) in [7, 11) is 0. The van der Waals surface area contributed by atoms with Gasteiger partial charge in [0.1, 0.15) is 5.25 Å². The largest absolute Gasteiger partial charge is 0.481 e. The molecule has 3 N–H and O–H groups in total. The van der Waals surface area contributed by atoms with Crippen LogP contribution in [0.5, 0.6) is 0 Å². The van der Waals surface area contributed by atoms with Gasteiger partial charge in [0.15, 0.2) is 10.9 Å². The number of hydrogen-bond acceptors (Lipinski definition) is 6. The normalized spacial score (nSPS) is 18.1. The van der Waals surface area contributed by atoms with E-state index in [2.05, 4.69) is 20.5 Å². The van der Waals surface area contributed by atoms with Crippen molar-refractivity contribution in [3.63, 3.8) is 0 Å². The fourth-order valence-corrected chi connectivity index (χ4v) is 3.61. The Morgan fingerprint density at radius 3 is 2.70 bits per heavy atom. The van der Waals surface area contributed by atoms with Gasteiger partial charge in [0.2, 0.25) is 5.91 Å². The minimum Gasteiger partial charge on any atom is -0.481 e. The van der Waals surface area contributed by atoms with Gasteiger partial charge in [0, 0.05) is 10.7 Å². The van der Waals surface area contributed by atoms with Crippen molar-refractivity contribution in [2.45, 2.75) is 18.6 Å². The number of carboxylic acid groups (broad SMARTS) is 1. The summed E-state index contributed by atoms with van der Waals surface area (Å²) < 4.78 is 0. The summed E-state index contributed by atoms with van der Waals surface area (Å²) >= 11 is 6.85. The van der Waals surface area contributed by atoms with E-state index < -0.39 is 23.0 Å². The first kappa shape index (κ1) is 18.9. The Hall–Kier alpha value is -2.85. The van der Waals surface area contributed by atoms with E-state index in [0.717, 1.165) is 11.8 Å². The Balaban J connectivity index is 1.88. The maximum absolute atomic E-state index is 12.7. The number of carbonyl (C=O) groups excluding carboxylic acids is 2. The van der Waals surface area contributed by atoms with E-state index >= 15 is 0 Å². The van der Waals surface area contributed by atoms with Gasteiger partial charge < -0.3 is 10.1 Å². The smallest absolute Gasteiger partial charge is 0.305 e. The Labute approximate surface area is 162 Å². The molecule has 0 aliphatic carbocycles. The minimum absolute atomic E-state index is 0.162. The number of carboxylic acids is 1. The second kappa shape index (κ2) is 7.80. The summed E-state index contributed by atoms with van der Waals surface area (Å²) in [6.45, 7) is 1.69. The first-order valence-corrected chi connectivity index (χ1v) is 8.98. The molecule has 3 rings (SSSR count). The lowest BCUT2D eigenvalue weighted by Crippen LogP contribution is -2.34. The quantitative estimate of drug-likeness (QED) is 0.650. The van der Waals surface area contributed by atoms with Gasteiger partial charge in [-0.05, 0) is 31.2 Å². The van der Waals surface area contributed by atoms with Crippen molar-refractivity contribution < 1.29 is 19.5 Å². The number of hydrogen-bond donors (Lipinski definition) is 3. The first-order valence-electron chi connectivity index (χ1n) is 7.73. The number of halogens is 1. The highest BCUT2D eigenvalue weighted by molar-refractivity contribution is 8.16. The highest BCUT2D eigenvalue weighted by atomic mass is 35.5. The predicted octanol–water partition coefficient (Wildman–Crippen LogP) is 2.00. The molecule has 1 aromatic heterocycles. The van der Waals surface area contributed by atoms with Crippen LogP contribution < -0.4 is 10.3 Å². The first-order chi connectivity index (χ1) is 12.9. The molecule has 2 amide bonds. The number of H-pyrrole nitrogens is 1. The Morgan fingerprint density at radius 1 is 1.41 bits per heavy atom. The number of imidazole rings is 1. The van der Waals surface area contributed by atoms with Crippen LogP contribution in [-0.2, 0) is 9.59 Å². The molecule has 2 heterocycles. The number of aryl methyl sites for hydroxylation is 1. The lowest BCUT2D eigenvalue weighted by atomic mass is 10.2. The zero-order chi connectivity index (χ0) is 19.6. The molecule has 1 unspecified atom stereocenters. The van der Waals surface area contributed by atoms with Crippen LogP contribution in [0, 0.1) is 6.92 Å². The summed E-state index contributed by atoms with van der Waals surface area (Å²) in [4.78, 5) is 43.8. The van der Waals surface area contributed by atoms with Gasteiger partial charge in [-0.1, -0.05) is 23.4 Å². The second-order valence-electron chi connectivity index (χ2n) is 5.57. The van der Waals surface area contributed by atoms with E-state index in [1.807, 2.05) is 0 Å². The second-order valence-corrected chi connectivity index (χ2v) is 7.17. The molecule has 0 bridgehead atoms. The van der Waals surface area contributed by atoms with Crippen molar-refractivity contribution in [1.29, 1.82) is 0 Å². The predicted molar refractivity (Wildman–Crippen MR) is 101 cm³/mol. The van der Waals surface area contributed by atoms with Crippen LogP contribution in [-0.4, -0.2) is 43.3 Å². The van der Waals surface area contributed by atoms with Crippen LogP contribution in [0.15, 0.2) is 35.7 Å². The van der Waals surface area contributed by atoms with Gasteiger partial charge in [-0.3, -0.25) is 19.3 Å². The zero-order valence-corrected chi connectivity index (χ0v) is 15.5. The number of nitrogens with one attached hydrogen (secondary N) is 2. The fraction of sp³-hybridized carbons (Fsp3) is 0.188. The van der Waals surface area contributed by atoms with Gasteiger partial charge in [0.05, 0.1) is 18.4 Å². The molecule has 1 atom stereocenters. The van der Waals surface area contributed by atoms with Gasteiger partial charge in [-0.2, -0.15) is 0 Å². The third-order valence-electron chi connectivity index (χ3n) is 3.68. The number of aliphatic carboxylic acids is 1. The molecule has 1 aliphatic rings. The van der Waals surface area contributed by atoms with Gasteiger partial charge in [-0.15, -0.1) is 5.10 Å². The van der Waals surface area contributed by atoms with Crippen molar-refractivity contribution in [2.75, 3.05) is 4.90 Å². The molecule has 0 saturated carbocycles. The van der Waals surface area contributed by atoms with Gasteiger partial charge >= 0.3 is 5.97 Å². The van der Waals surface area contributed by atoms with Crippen LogP contribution in [0.1, 0.15) is 22.6 Å². The van der Waals surface area contributed by atoms with Crippen molar-refractivity contribution in [1.82, 2.24) is 15.4 Å². The highest BCUT2D eigenvalue weighted by Crippen LogP contribution is 2.34. The molecule has 2 aromatic rings. The Morgan fingerprint density at radius 2 is 2.11 bits per heavy atom. The third-order valence-corrected chi connectivity index (χ3v) is 5.07. The van der Waals surface area contributed by atoms with Crippen molar-refractivity contribution in [2.24, 2.45) is 5.10 Å². The lowest BCUT2D eigenvalue weighted by Gasteiger charge is -2.16. The molecule has 9 nitrogen and oxygen atoms in total. The zero-order valence-electron chi connectivity index (χ0n) is 14.0. The minimum atomic E-state index is -1.10. The van der Waals surface area contributed by atoms with Crippen LogP contribution in [0.25, 0.3) is 0 Å². The lowest BCUT2D eigenvalue weighted by molar-refractivity contribution is -0.138. The summed E-state index contributed by atoms with van der Waals surface area (Å²) in [5.41, 5.74) is 3.56. The van der Waals surface area contributed by atoms with Gasteiger partial charge in [-0.25, -0.2) is 10.4 Å². The topological polar surface area (TPSA) is 128 Å². The number of benzene rings is 1. The van der Waals surface area contributed by atoms with Crippen LogP contribution in [0.4, 0.5) is 5.69 Å². The number of rotatable bonds is 5. The molecule has 0 spiro atoms. The van der Waals surface area contributed by atoms with Crippen LogP contribution in [0.2, 0.25) is 5.02 Å². The maximum atomic E-state index is 12.7. The third kappa shape index (κ3) is 4.12. The highest BCUT2D eigenvalue weighted by Gasteiger charge is 2.40. The Bertz CT molecular complexity index is 927. The van der Waals surface area contributed by atoms with E-state index in [9.17, 15) is 14.4 Å². The van der Waals surface area contributed by atoms with Crippen LogP contribution >= 0.6 is 23.4 Å². The van der Waals surface area contributed by atoms with Crippen molar-refractivity contribution in [3.8, 4) is 0 Å². The number of aromatic nitrogens is 2. The van der Waals surface area contributed by atoms with Gasteiger partial charge in [0.25, 0.3) is 5.91 Å². The van der Waals surface area contributed by atoms with Crippen molar-refractivity contribution in [3.05, 3.63) is 47.0 Å².